The van der Waals surface area contributed by atoms with Gasteiger partial charge in [0.05, 0.1) is 19.3 Å². The number of benzene rings is 1. The van der Waals surface area contributed by atoms with E-state index in [9.17, 15) is 13.2 Å². The number of hydrogen-bond acceptors (Lipinski definition) is 5. The zero-order valence-corrected chi connectivity index (χ0v) is 18.8. The van der Waals surface area contributed by atoms with Crippen LogP contribution in [0.4, 0.5) is 0 Å². The molecule has 1 unspecified atom stereocenters. The van der Waals surface area contributed by atoms with Gasteiger partial charge in [0.1, 0.15) is 10.6 Å². The number of sulfonamides is 1. The van der Waals surface area contributed by atoms with Crippen LogP contribution in [0.25, 0.3) is 0 Å². The number of morpholine rings is 1. The van der Waals surface area contributed by atoms with Crippen LogP contribution >= 0.6 is 11.6 Å². The summed E-state index contributed by atoms with van der Waals surface area (Å²) in [6, 6.07) is 9.10. The highest BCUT2D eigenvalue weighted by atomic mass is 35.5. The van der Waals surface area contributed by atoms with Crippen molar-refractivity contribution in [2.45, 2.75) is 23.8 Å². The first kappa shape index (κ1) is 22.3. The summed E-state index contributed by atoms with van der Waals surface area (Å²) in [6.45, 7) is 3.72. The summed E-state index contributed by atoms with van der Waals surface area (Å²) in [5, 5.41) is 3.62. The van der Waals surface area contributed by atoms with Gasteiger partial charge in [0, 0.05) is 30.9 Å². The Morgan fingerprint density at radius 3 is 2.61 bits per heavy atom. The zero-order valence-electron chi connectivity index (χ0n) is 17.2. The second-order valence-electron chi connectivity index (χ2n) is 7.79. The molecule has 2 aliphatic rings. The molecule has 1 atom stereocenters. The number of amides is 1. The Kier molecular flexibility index (Phi) is 6.98. The Bertz CT molecular complexity index is 1010. The van der Waals surface area contributed by atoms with Crippen molar-refractivity contribution in [3.63, 3.8) is 0 Å². The number of carbonyl (C=O) groups excluding carboxylic acids is 1. The SMILES string of the molecule is O=C(NCC(c1cccc(Cl)c1)N1CCCC1)c1cc(S(=O)(=O)N2CCOCC2)c[nH]1. The highest BCUT2D eigenvalue weighted by molar-refractivity contribution is 7.89. The Morgan fingerprint density at radius 1 is 1.16 bits per heavy atom. The van der Waals surface area contributed by atoms with Crippen molar-refractivity contribution in [3.05, 3.63) is 52.8 Å². The molecular weight excluding hydrogens is 440 g/mol. The molecule has 4 rings (SSSR count). The Labute approximate surface area is 187 Å². The van der Waals surface area contributed by atoms with Gasteiger partial charge in [-0.3, -0.25) is 9.69 Å². The highest BCUT2D eigenvalue weighted by Gasteiger charge is 2.29. The van der Waals surface area contributed by atoms with Gasteiger partial charge in [-0.15, -0.1) is 0 Å². The number of hydrogen-bond donors (Lipinski definition) is 2. The number of nitrogens with one attached hydrogen (secondary N) is 2. The standard InChI is InChI=1S/C21H27ClN4O4S/c22-17-5-3-4-16(12-17)20(25-6-1-2-7-25)15-24-21(27)19-13-18(14-23-19)31(28,29)26-8-10-30-11-9-26/h3-5,12-14,20,23H,1-2,6-11,15H2,(H,24,27). The quantitative estimate of drug-likeness (QED) is 0.652. The maximum atomic E-state index is 12.8. The van der Waals surface area contributed by atoms with Gasteiger partial charge >= 0.3 is 0 Å². The molecule has 8 nitrogen and oxygen atoms in total. The summed E-state index contributed by atoms with van der Waals surface area (Å²) in [6.07, 6.45) is 3.63. The second-order valence-corrected chi connectivity index (χ2v) is 10.2. The predicted octanol–water partition coefficient (Wildman–Crippen LogP) is 2.26. The van der Waals surface area contributed by atoms with E-state index in [1.807, 2.05) is 24.3 Å². The van der Waals surface area contributed by atoms with E-state index >= 15 is 0 Å². The number of halogens is 1. The number of carbonyl (C=O) groups is 1. The monoisotopic (exact) mass is 466 g/mol. The lowest BCUT2D eigenvalue weighted by Gasteiger charge is -2.28. The third-order valence-corrected chi connectivity index (χ3v) is 7.89. The maximum Gasteiger partial charge on any atom is 0.267 e. The zero-order chi connectivity index (χ0) is 21.8. The number of aromatic nitrogens is 1. The minimum Gasteiger partial charge on any atom is -0.379 e. The lowest BCUT2D eigenvalue weighted by molar-refractivity contribution is 0.0730. The molecule has 0 saturated carbocycles. The van der Waals surface area contributed by atoms with Gasteiger partial charge in [-0.1, -0.05) is 23.7 Å². The van der Waals surface area contributed by atoms with E-state index in [-0.39, 0.29) is 22.5 Å². The molecule has 2 fully saturated rings. The van der Waals surface area contributed by atoms with Crippen LogP contribution in [0.5, 0.6) is 0 Å². The van der Waals surface area contributed by atoms with Gasteiger partial charge in [0.2, 0.25) is 10.0 Å². The molecule has 0 bridgehead atoms. The third-order valence-electron chi connectivity index (χ3n) is 5.78. The lowest BCUT2D eigenvalue weighted by Crippen LogP contribution is -2.40. The largest absolute Gasteiger partial charge is 0.379 e. The number of aromatic amines is 1. The molecule has 1 aromatic carbocycles. The Hall–Kier alpha value is -1.91. The number of ether oxygens (including phenoxy) is 1. The first-order chi connectivity index (χ1) is 14.9. The molecule has 2 aromatic rings. The smallest absolute Gasteiger partial charge is 0.267 e. The molecule has 2 N–H and O–H groups in total. The van der Waals surface area contributed by atoms with Gasteiger partial charge in [-0.2, -0.15) is 4.31 Å². The van der Waals surface area contributed by atoms with E-state index < -0.39 is 10.0 Å². The van der Waals surface area contributed by atoms with Crippen LogP contribution < -0.4 is 5.32 Å². The molecule has 1 amide bonds. The van der Waals surface area contributed by atoms with Crippen LogP contribution in [0.1, 0.15) is 34.9 Å². The molecule has 3 heterocycles. The average molecular weight is 467 g/mol. The summed E-state index contributed by atoms with van der Waals surface area (Å²) < 4.78 is 32.2. The first-order valence-corrected chi connectivity index (χ1v) is 12.3. The number of rotatable bonds is 7. The average Bonchev–Trinajstić information content (AvgIpc) is 3.47. The molecule has 0 aliphatic carbocycles. The molecule has 168 valence electrons. The van der Waals surface area contributed by atoms with Crippen molar-refractivity contribution in [3.8, 4) is 0 Å². The van der Waals surface area contributed by atoms with E-state index in [1.54, 1.807) is 0 Å². The minimum atomic E-state index is -3.65. The van der Waals surface area contributed by atoms with Crippen LogP contribution in [0.3, 0.4) is 0 Å². The fourth-order valence-electron chi connectivity index (χ4n) is 4.10. The molecule has 10 heteroatoms. The number of nitrogens with zero attached hydrogens (tertiary/aromatic N) is 2. The summed E-state index contributed by atoms with van der Waals surface area (Å²) in [4.78, 5) is 18.0. The Morgan fingerprint density at radius 2 is 1.90 bits per heavy atom. The van der Waals surface area contributed by atoms with Crippen LogP contribution in [-0.2, 0) is 14.8 Å². The van der Waals surface area contributed by atoms with Crippen molar-refractivity contribution in [1.82, 2.24) is 19.5 Å². The Balaban J connectivity index is 1.45. The van der Waals surface area contributed by atoms with Gasteiger partial charge in [-0.25, -0.2) is 8.42 Å². The molecule has 1 aromatic heterocycles. The maximum absolute atomic E-state index is 12.8. The number of H-pyrrole nitrogens is 1. The van der Waals surface area contributed by atoms with Gasteiger partial charge in [0.15, 0.2) is 0 Å². The van der Waals surface area contributed by atoms with Crippen LogP contribution in [-0.4, -0.2) is 74.5 Å². The molecule has 31 heavy (non-hydrogen) atoms. The third kappa shape index (κ3) is 5.12. The molecule has 0 radical (unpaired) electrons. The molecule has 2 aliphatic heterocycles. The topological polar surface area (TPSA) is 94.7 Å². The molecular formula is C21H27ClN4O4S. The van der Waals surface area contributed by atoms with Crippen LogP contribution in [0.15, 0.2) is 41.4 Å². The van der Waals surface area contributed by atoms with E-state index in [1.165, 1.54) is 16.6 Å². The van der Waals surface area contributed by atoms with Crippen molar-refractivity contribution in [2.24, 2.45) is 0 Å². The fraction of sp³-hybridized carbons (Fsp3) is 0.476. The van der Waals surface area contributed by atoms with E-state index in [4.69, 9.17) is 16.3 Å². The summed E-state index contributed by atoms with van der Waals surface area (Å²) in [5.41, 5.74) is 1.27. The normalized spacial score (nSPS) is 19.4. The summed E-state index contributed by atoms with van der Waals surface area (Å²) in [5.74, 6) is -0.338. The van der Waals surface area contributed by atoms with Crippen molar-refractivity contribution in [1.29, 1.82) is 0 Å². The van der Waals surface area contributed by atoms with Crippen molar-refractivity contribution < 1.29 is 17.9 Å². The summed E-state index contributed by atoms with van der Waals surface area (Å²) in [7, 11) is -3.65. The van der Waals surface area contributed by atoms with Crippen LogP contribution in [0.2, 0.25) is 5.02 Å². The number of likely N-dealkylation sites (tertiary alicyclic amines) is 1. The van der Waals surface area contributed by atoms with E-state index in [0.29, 0.717) is 37.9 Å². The van der Waals surface area contributed by atoms with Crippen molar-refractivity contribution in [2.75, 3.05) is 45.9 Å². The van der Waals surface area contributed by atoms with E-state index in [2.05, 4.69) is 15.2 Å². The molecule has 2 saturated heterocycles. The fourth-order valence-corrected chi connectivity index (χ4v) is 5.70. The first-order valence-electron chi connectivity index (χ1n) is 10.5. The van der Waals surface area contributed by atoms with Gasteiger partial charge in [-0.05, 0) is 49.7 Å². The predicted molar refractivity (Wildman–Crippen MR) is 118 cm³/mol. The lowest BCUT2D eigenvalue weighted by atomic mass is 10.1. The molecule has 0 spiro atoms. The van der Waals surface area contributed by atoms with Crippen LogP contribution in [0, 0.1) is 0 Å². The van der Waals surface area contributed by atoms with E-state index in [0.717, 1.165) is 31.5 Å². The van der Waals surface area contributed by atoms with Gasteiger partial charge in [0.25, 0.3) is 5.91 Å². The minimum absolute atomic E-state index is 0.0108. The van der Waals surface area contributed by atoms with Gasteiger partial charge < -0.3 is 15.0 Å². The highest BCUT2D eigenvalue weighted by Crippen LogP contribution is 2.26. The second kappa shape index (κ2) is 9.70. The van der Waals surface area contributed by atoms with Crippen molar-refractivity contribution >= 4 is 27.5 Å². The summed E-state index contributed by atoms with van der Waals surface area (Å²) >= 11 is 6.18.